The van der Waals surface area contributed by atoms with Crippen LogP contribution < -0.4 is 10.1 Å². The first-order valence-electron chi connectivity index (χ1n) is 7.54. The van der Waals surface area contributed by atoms with E-state index >= 15 is 0 Å². The number of aliphatic hydroxyl groups is 1. The summed E-state index contributed by atoms with van der Waals surface area (Å²) in [5.74, 6) is -0.740. The summed E-state index contributed by atoms with van der Waals surface area (Å²) < 4.78 is 31.6. The summed E-state index contributed by atoms with van der Waals surface area (Å²) in [6.45, 7) is 3.34. The van der Waals surface area contributed by atoms with Gasteiger partial charge in [-0.2, -0.15) is 0 Å². The molecule has 118 valence electrons. The normalized spacial score (nSPS) is 25.2. The summed E-state index contributed by atoms with van der Waals surface area (Å²) in [5, 5.41) is 13.1. The molecular weight excluding hydrogens is 276 g/mol. The second-order valence-electron chi connectivity index (χ2n) is 5.68. The monoisotopic (exact) mass is 299 g/mol. The molecule has 2 unspecified atom stereocenters. The van der Waals surface area contributed by atoms with Crippen LogP contribution in [0.2, 0.25) is 0 Å². The van der Waals surface area contributed by atoms with Crippen molar-refractivity contribution < 1.29 is 18.6 Å². The van der Waals surface area contributed by atoms with Gasteiger partial charge in [-0.1, -0.05) is 13.3 Å². The Morgan fingerprint density at radius 2 is 2.05 bits per heavy atom. The van der Waals surface area contributed by atoms with Crippen LogP contribution in [-0.4, -0.2) is 30.4 Å². The lowest BCUT2D eigenvalue weighted by Gasteiger charge is -2.34. The van der Waals surface area contributed by atoms with Gasteiger partial charge in [-0.25, -0.2) is 8.78 Å². The third-order valence-electron chi connectivity index (χ3n) is 4.34. The Balaban J connectivity index is 1.90. The Morgan fingerprint density at radius 1 is 1.33 bits per heavy atom. The van der Waals surface area contributed by atoms with Crippen LogP contribution in [0, 0.1) is 17.6 Å². The summed E-state index contributed by atoms with van der Waals surface area (Å²) in [6.07, 6.45) is 3.82. The molecule has 2 N–H and O–H groups in total. The summed E-state index contributed by atoms with van der Waals surface area (Å²) >= 11 is 0. The summed E-state index contributed by atoms with van der Waals surface area (Å²) in [4.78, 5) is 0. The number of aliphatic hydroxyl groups excluding tert-OH is 1. The van der Waals surface area contributed by atoms with Crippen LogP contribution in [0.15, 0.2) is 18.2 Å². The predicted octanol–water partition coefficient (Wildman–Crippen LogP) is 2.87. The number of nitrogens with one attached hydrogen (secondary N) is 1. The first-order chi connectivity index (χ1) is 10.1. The number of benzene rings is 1. The third kappa shape index (κ3) is 3.92. The molecule has 0 radical (unpaired) electrons. The van der Waals surface area contributed by atoms with Gasteiger partial charge in [-0.3, -0.25) is 0 Å². The second kappa shape index (κ2) is 7.18. The van der Waals surface area contributed by atoms with Crippen LogP contribution >= 0.6 is 0 Å². The molecule has 5 heteroatoms. The van der Waals surface area contributed by atoms with Gasteiger partial charge >= 0.3 is 0 Å². The molecule has 0 aliphatic heterocycles. The zero-order valence-electron chi connectivity index (χ0n) is 12.4. The number of ether oxygens (including phenoxy) is 1. The van der Waals surface area contributed by atoms with Crippen LogP contribution in [0.5, 0.6) is 5.75 Å². The number of hydrogen-bond donors (Lipinski definition) is 2. The van der Waals surface area contributed by atoms with E-state index in [2.05, 4.69) is 5.32 Å². The molecule has 0 saturated heterocycles. The van der Waals surface area contributed by atoms with Gasteiger partial charge in [-0.05, 0) is 31.7 Å². The molecule has 3 nitrogen and oxygen atoms in total. The van der Waals surface area contributed by atoms with Crippen LogP contribution in [-0.2, 0) is 0 Å². The van der Waals surface area contributed by atoms with Gasteiger partial charge in [0, 0.05) is 23.7 Å². The van der Waals surface area contributed by atoms with Crippen LogP contribution in [0.1, 0.15) is 32.6 Å². The first-order valence-corrected chi connectivity index (χ1v) is 7.54. The van der Waals surface area contributed by atoms with Gasteiger partial charge in [0.1, 0.15) is 17.4 Å². The predicted molar refractivity (Wildman–Crippen MR) is 77.3 cm³/mol. The van der Waals surface area contributed by atoms with Crippen molar-refractivity contribution in [2.45, 2.75) is 38.1 Å². The molecule has 0 aromatic heterocycles. The summed E-state index contributed by atoms with van der Waals surface area (Å²) in [5.41, 5.74) is -0.231. The van der Waals surface area contributed by atoms with Crippen molar-refractivity contribution in [2.75, 3.05) is 19.8 Å². The minimum absolute atomic E-state index is 0.111. The standard InChI is InChI=1S/C16H23F2NO2/c1-2-19-16(11-20)6-3-4-12(16)5-7-21-15-9-13(17)8-14(18)10-15/h8-10,12,19-20H,2-7,11H2,1H3. The molecule has 2 atom stereocenters. The highest BCUT2D eigenvalue weighted by Gasteiger charge is 2.41. The van der Waals surface area contributed by atoms with E-state index in [-0.39, 0.29) is 17.9 Å². The van der Waals surface area contributed by atoms with Crippen molar-refractivity contribution in [1.29, 1.82) is 0 Å². The van der Waals surface area contributed by atoms with E-state index in [9.17, 15) is 13.9 Å². The van der Waals surface area contributed by atoms with Gasteiger partial charge in [0.05, 0.1) is 13.2 Å². The fourth-order valence-corrected chi connectivity index (χ4v) is 3.34. The SMILES string of the molecule is CCNC1(CO)CCCC1CCOc1cc(F)cc(F)c1. The zero-order chi connectivity index (χ0) is 15.3. The minimum Gasteiger partial charge on any atom is -0.493 e. The summed E-state index contributed by atoms with van der Waals surface area (Å²) in [7, 11) is 0. The van der Waals surface area contributed by atoms with Crippen molar-refractivity contribution in [3.05, 3.63) is 29.8 Å². The zero-order valence-corrected chi connectivity index (χ0v) is 12.4. The van der Waals surface area contributed by atoms with Gasteiger partial charge in [-0.15, -0.1) is 0 Å². The lowest BCUT2D eigenvalue weighted by Crippen LogP contribution is -2.51. The Bertz CT molecular complexity index is 449. The van der Waals surface area contributed by atoms with E-state index in [0.29, 0.717) is 12.5 Å². The molecule has 1 saturated carbocycles. The molecule has 0 amide bonds. The molecule has 21 heavy (non-hydrogen) atoms. The Labute approximate surface area is 124 Å². The highest BCUT2D eigenvalue weighted by Crippen LogP contribution is 2.37. The fraction of sp³-hybridized carbons (Fsp3) is 0.625. The molecule has 0 spiro atoms. The highest BCUT2D eigenvalue weighted by atomic mass is 19.1. The fourth-order valence-electron chi connectivity index (χ4n) is 3.34. The van der Waals surface area contributed by atoms with Gasteiger partial charge in [0.25, 0.3) is 0 Å². The van der Waals surface area contributed by atoms with Gasteiger partial charge in [0.15, 0.2) is 0 Å². The average Bonchev–Trinajstić information content (AvgIpc) is 2.82. The molecule has 1 aliphatic carbocycles. The highest BCUT2D eigenvalue weighted by molar-refractivity contribution is 5.23. The molecule has 1 fully saturated rings. The molecule has 1 aliphatic rings. The lowest BCUT2D eigenvalue weighted by atomic mass is 9.85. The maximum atomic E-state index is 13.1. The average molecular weight is 299 g/mol. The van der Waals surface area contributed by atoms with Crippen molar-refractivity contribution in [3.63, 3.8) is 0 Å². The summed E-state index contributed by atoms with van der Waals surface area (Å²) in [6, 6.07) is 3.19. The van der Waals surface area contributed by atoms with Crippen LogP contribution in [0.25, 0.3) is 0 Å². The van der Waals surface area contributed by atoms with E-state index in [1.165, 1.54) is 12.1 Å². The van der Waals surface area contributed by atoms with Crippen LogP contribution in [0.3, 0.4) is 0 Å². The quantitative estimate of drug-likeness (QED) is 0.813. The van der Waals surface area contributed by atoms with Crippen molar-refractivity contribution in [2.24, 2.45) is 5.92 Å². The Morgan fingerprint density at radius 3 is 2.67 bits per heavy atom. The topological polar surface area (TPSA) is 41.5 Å². The van der Waals surface area contributed by atoms with E-state index in [1.54, 1.807) is 0 Å². The third-order valence-corrected chi connectivity index (χ3v) is 4.34. The van der Waals surface area contributed by atoms with Gasteiger partial charge in [0.2, 0.25) is 0 Å². The van der Waals surface area contributed by atoms with Gasteiger partial charge < -0.3 is 15.2 Å². The van der Waals surface area contributed by atoms with E-state index in [1.807, 2.05) is 6.92 Å². The van der Waals surface area contributed by atoms with E-state index in [0.717, 1.165) is 38.3 Å². The van der Waals surface area contributed by atoms with Crippen molar-refractivity contribution >= 4 is 0 Å². The maximum Gasteiger partial charge on any atom is 0.129 e. The molecule has 2 rings (SSSR count). The number of rotatable bonds is 7. The van der Waals surface area contributed by atoms with E-state index < -0.39 is 11.6 Å². The first kappa shape index (κ1) is 16.2. The molecule has 1 aromatic carbocycles. The van der Waals surface area contributed by atoms with Crippen molar-refractivity contribution in [1.82, 2.24) is 5.32 Å². The van der Waals surface area contributed by atoms with E-state index in [4.69, 9.17) is 4.74 Å². The van der Waals surface area contributed by atoms with Crippen LogP contribution in [0.4, 0.5) is 8.78 Å². The molecular formula is C16H23F2NO2. The molecule has 0 heterocycles. The number of likely N-dealkylation sites (N-methyl/N-ethyl adjacent to an activating group) is 1. The minimum atomic E-state index is -0.636. The van der Waals surface area contributed by atoms with Crippen molar-refractivity contribution in [3.8, 4) is 5.75 Å². The Hall–Kier alpha value is -1.20. The Kier molecular flexibility index (Phi) is 5.53. The largest absolute Gasteiger partial charge is 0.493 e. The molecule has 0 bridgehead atoms. The number of hydrogen-bond acceptors (Lipinski definition) is 3. The second-order valence-corrected chi connectivity index (χ2v) is 5.68. The number of halogens is 2. The lowest BCUT2D eigenvalue weighted by molar-refractivity contribution is 0.111. The maximum absolute atomic E-state index is 13.1. The molecule has 1 aromatic rings. The smallest absolute Gasteiger partial charge is 0.129 e.